The molecule has 0 saturated carbocycles. The zero-order chi connectivity index (χ0) is 13.5. The largest absolute Gasteiger partial charge is 0.444 e. The standard InChI is InChI=1S/C15H12O3S/c1-11-6-2-5-9-14(11)19(16,17)15-10-12-7-3-4-8-13(12)18-15/h2-10H,1H3. The molecule has 0 spiro atoms. The van der Waals surface area contributed by atoms with E-state index in [4.69, 9.17) is 4.42 Å². The van der Waals surface area contributed by atoms with Crippen molar-refractivity contribution in [2.75, 3.05) is 0 Å². The second kappa shape index (κ2) is 4.24. The summed E-state index contributed by atoms with van der Waals surface area (Å²) in [6.07, 6.45) is 0. The molecule has 0 radical (unpaired) electrons. The van der Waals surface area contributed by atoms with Crippen LogP contribution in [0.15, 0.2) is 69.0 Å². The summed E-state index contributed by atoms with van der Waals surface area (Å²) in [6, 6.07) is 15.7. The number of rotatable bonds is 2. The fraction of sp³-hybridized carbons (Fsp3) is 0.0667. The van der Waals surface area contributed by atoms with Gasteiger partial charge in [-0.15, -0.1) is 0 Å². The van der Waals surface area contributed by atoms with Gasteiger partial charge in [-0.2, -0.15) is 0 Å². The fourth-order valence-corrected chi connectivity index (χ4v) is 3.50. The second-order valence-electron chi connectivity index (χ2n) is 4.37. The molecule has 2 aromatic carbocycles. The van der Waals surface area contributed by atoms with Gasteiger partial charge in [0.05, 0.1) is 4.90 Å². The van der Waals surface area contributed by atoms with Crippen molar-refractivity contribution in [1.29, 1.82) is 0 Å². The molecule has 0 aliphatic carbocycles. The van der Waals surface area contributed by atoms with Crippen LogP contribution >= 0.6 is 0 Å². The van der Waals surface area contributed by atoms with Crippen LogP contribution in [-0.2, 0) is 9.84 Å². The quantitative estimate of drug-likeness (QED) is 0.716. The van der Waals surface area contributed by atoms with Gasteiger partial charge < -0.3 is 4.42 Å². The molecule has 0 bridgehead atoms. The fourth-order valence-electron chi connectivity index (χ4n) is 2.06. The molecule has 0 aliphatic rings. The van der Waals surface area contributed by atoms with Crippen molar-refractivity contribution < 1.29 is 12.8 Å². The predicted molar refractivity (Wildman–Crippen MR) is 72.8 cm³/mol. The summed E-state index contributed by atoms with van der Waals surface area (Å²) in [5.74, 6) is 0. The molecule has 96 valence electrons. The zero-order valence-corrected chi connectivity index (χ0v) is 11.1. The topological polar surface area (TPSA) is 47.3 Å². The lowest BCUT2D eigenvalue weighted by Gasteiger charge is -2.04. The van der Waals surface area contributed by atoms with Gasteiger partial charge in [-0.05, 0) is 24.6 Å². The van der Waals surface area contributed by atoms with E-state index in [2.05, 4.69) is 0 Å². The average Bonchev–Trinajstić information content (AvgIpc) is 2.83. The first-order valence-corrected chi connectivity index (χ1v) is 7.37. The number of fused-ring (bicyclic) bond motifs is 1. The monoisotopic (exact) mass is 272 g/mol. The summed E-state index contributed by atoms with van der Waals surface area (Å²) in [5, 5.41) is 0.776. The third-order valence-electron chi connectivity index (χ3n) is 3.05. The van der Waals surface area contributed by atoms with Gasteiger partial charge in [-0.1, -0.05) is 36.4 Å². The molecule has 3 rings (SSSR count). The molecule has 0 aliphatic heterocycles. The van der Waals surface area contributed by atoms with Gasteiger partial charge >= 0.3 is 0 Å². The number of hydrogen-bond acceptors (Lipinski definition) is 3. The van der Waals surface area contributed by atoms with Crippen molar-refractivity contribution in [2.45, 2.75) is 16.9 Å². The van der Waals surface area contributed by atoms with Crippen LogP contribution in [0.3, 0.4) is 0 Å². The number of furan rings is 1. The maximum absolute atomic E-state index is 12.5. The Morgan fingerprint density at radius 2 is 1.63 bits per heavy atom. The van der Waals surface area contributed by atoms with Gasteiger partial charge in [-0.25, -0.2) is 8.42 Å². The Balaban J connectivity index is 2.23. The van der Waals surface area contributed by atoms with E-state index < -0.39 is 9.84 Å². The summed E-state index contributed by atoms with van der Waals surface area (Å²) >= 11 is 0. The maximum Gasteiger partial charge on any atom is 0.239 e. The Hall–Kier alpha value is -2.07. The van der Waals surface area contributed by atoms with Crippen LogP contribution < -0.4 is 0 Å². The Bertz CT molecular complexity index is 811. The summed E-state index contributed by atoms with van der Waals surface area (Å²) in [4.78, 5) is 0.286. The Labute approximate surface area is 111 Å². The summed E-state index contributed by atoms with van der Waals surface area (Å²) in [5.41, 5.74) is 1.29. The Kier molecular flexibility index (Phi) is 2.68. The highest BCUT2D eigenvalue weighted by atomic mass is 32.2. The molecule has 1 heterocycles. The molecule has 0 fully saturated rings. The number of sulfone groups is 1. The Morgan fingerprint density at radius 3 is 2.37 bits per heavy atom. The van der Waals surface area contributed by atoms with Gasteiger partial charge in [-0.3, -0.25) is 0 Å². The molecule has 19 heavy (non-hydrogen) atoms. The van der Waals surface area contributed by atoms with Crippen LogP contribution in [-0.4, -0.2) is 8.42 Å². The third kappa shape index (κ3) is 1.94. The Morgan fingerprint density at radius 1 is 0.947 bits per heavy atom. The molecule has 0 N–H and O–H groups in total. The van der Waals surface area contributed by atoms with E-state index >= 15 is 0 Å². The van der Waals surface area contributed by atoms with Crippen molar-refractivity contribution in [3.63, 3.8) is 0 Å². The lowest BCUT2D eigenvalue weighted by atomic mass is 10.2. The molecule has 1 aromatic heterocycles. The molecule has 4 heteroatoms. The van der Waals surface area contributed by atoms with E-state index in [0.717, 1.165) is 5.39 Å². The minimum atomic E-state index is -3.60. The highest BCUT2D eigenvalue weighted by Crippen LogP contribution is 2.28. The molecule has 0 unspecified atom stereocenters. The average molecular weight is 272 g/mol. The summed E-state index contributed by atoms with van der Waals surface area (Å²) < 4.78 is 30.5. The molecule has 0 amide bonds. The van der Waals surface area contributed by atoms with Crippen LogP contribution in [0.1, 0.15) is 5.56 Å². The van der Waals surface area contributed by atoms with E-state index in [1.807, 2.05) is 24.3 Å². The number of aryl methyl sites for hydroxylation is 1. The number of para-hydroxylation sites is 1. The van der Waals surface area contributed by atoms with Crippen LogP contribution in [0, 0.1) is 6.92 Å². The predicted octanol–water partition coefficient (Wildman–Crippen LogP) is 3.57. The van der Waals surface area contributed by atoms with Crippen LogP contribution in [0.25, 0.3) is 11.0 Å². The van der Waals surface area contributed by atoms with Gasteiger partial charge in [0.25, 0.3) is 0 Å². The van der Waals surface area contributed by atoms with Gasteiger partial charge in [0.2, 0.25) is 14.9 Å². The minimum Gasteiger partial charge on any atom is -0.444 e. The van der Waals surface area contributed by atoms with Crippen LogP contribution in [0.5, 0.6) is 0 Å². The zero-order valence-electron chi connectivity index (χ0n) is 10.3. The van der Waals surface area contributed by atoms with Crippen molar-refractivity contribution >= 4 is 20.8 Å². The minimum absolute atomic E-state index is 0.0111. The molecule has 3 nitrogen and oxygen atoms in total. The van der Waals surface area contributed by atoms with E-state index in [-0.39, 0.29) is 9.99 Å². The summed E-state index contributed by atoms with van der Waals surface area (Å²) in [6.45, 7) is 1.77. The van der Waals surface area contributed by atoms with Crippen molar-refractivity contribution in [2.24, 2.45) is 0 Å². The lowest BCUT2D eigenvalue weighted by Crippen LogP contribution is -2.02. The molecule has 0 atom stereocenters. The SMILES string of the molecule is Cc1ccccc1S(=O)(=O)c1cc2ccccc2o1. The van der Waals surface area contributed by atoms with Gasteiger partial charge in [0.1, 0.15) is 5.58 Å². The van der Waals surface area contributed by atoms with Crippen LogP contribution in [0.2, 0.25) is 0 Å². The molecule has 0 saturated heterocycles. The molecule has 3 aromatic rings. The van der Waals surface area contributed by atoms with Crippen molar-refractivity contribution in [1.82, 2.24) is 0 Å². The van der Waals surface area contributed by atoms with Crippen LogP contribution in [0.4, 0.5) is 0 Å². The van der Waals surface area contributed by atoms with E-state index in [0.29, 0.717) is 11.1 Å². The van der Waals surface area contributed by atoms with E-state index in [9.17, 15) is 8.42 Å². The molecular weight excluding hydrogens is 260 g/mol. The van der Waals surface area contributed by atoms with Gasteiger partial charge in [0, 0.05) is 11.5 Å². The third-order valence-corrected chi connectivity index (χ3v) is 4.82. The van der Waals surface area contributed by atoms with E-state index in [1.54, 1.807) is 37.3 Å². The number of hydrogen-bond donors (Lipinski definition) is 0. The molecular formula is C15H12O3S. The van der Waals surface area contributed by atoms with Crippen molar-refractivity contribution in [3.05, 3.63) is 60.2 Å². The smallest absolute Gasteiger partial charge is 0.239 e. The normalized spacial score (nSPS) is 11.8. The first kappa shape index (κ1) is 12.0. The summed E-state index contributed by atoms with van der Waals surface area (Å²) in [7, 11) is -3.60. The lowest BCUT2D eigenvalue weighted by molar-refractivity contribution is 0.481. The first-order chi connectivity index (χ1) is 9.09. The second-order valence-corrected chi connectivity index (χ2v) is 6.22. The highest BCUT2D eigenvalue weighted by molar-refractivity contribution is 7.91. The highest BCUT2D eigenvalue weighted by Gasteiger charge is 2.23. The maximum atomic E-state index is 12.5. The van der Waals surface area contributed by atoms with Crippen molar-refractivity contribution in [3.8, 4) is 0 Å². The number of benzene rings is 2. The van der Waals surface area contributed by atoms with Gasteiger partial charge in [0.15, 0.2) is 0 Å². The first-order valence-electron chi connectivity index (χ1n) is 5.88. The van der Waals surface area contributed by atoms with E-state index in [1.165, 1.54) is 0 Å².